The van der Waals surface area contributed by atoms with Crippen LogP contribution in [0.5, 0.6) is 0 Å². The van der Waals surface area contributed by atoms with Crippen molar-refractivity contribution in [1.29, 1.82) is 0 Å². The molecule has 1 atom stereocenters. The minimum absolute atomic E-state index is 0.0269. The van der Waals surface area contributed by atoms with Crippen LogP contribution in [0.25, 0.3) is 0 Å². The van der Waals surface area contributed by atoms with Gasteiger partial charge in [-0.1, -0.05) is 25.3 Å². The lowest BCUT2D eigenvalue weighted by molar-refractivity contribution is -0.134. The van der Waals surface area contributed by atoms with E-state index in [0.29, 0.717) is 25.5 Å². The van der Waals surface area contributed by atoms with E-state index < -0.39 is 0 Å². The maximum Gasteiger partial charge on any atom is 0.290 e. The lowest BCUT2D eigenvalue weighted by atomic mass is 9.94. The minimum Gasteiger partial charge on any atom is -0.453 e. The fourth-order valence-electron chi connectivity index (χ4n) is 4.50. The standard InChI is InChI=1S/C24H31N3O5/c1-30-17-20-10-11-22(32-20)24(29)26-13-21(31-16-18-7-5-6-12-25-18)14-27(23(28)15-26)19-8-3-2-4-9-19/h5-7,10-12,19,21H,2-4,8-9,13-17H2,1H3. The lowest BCUT2D eigenvalue weighted by Crippen LogP contribution is -2.46. The number of carbonyl (C=O) groups excluding carboxylic acids is 2. The molecule has 0 spiro atoms. The number of ether oxygens (including phenoxy) is 2. The van der Waals surface area contributed by atoms with Crippen molar-refractivity contribution in [3.8, 4) is 0 Å². The van der Waals surface area contributed by atoms with Gasteiger partial charge in [0.1, 0.15) is 18.9 Å². The molecule has 1 unspecified atom stereocenters. The first-order chi connectivity index (χ1) is 15.6. The number of furan rings is 1. The zero-order valence-electron chi connectivity index (χ0n) is 18.6. The van der Waals surface area contributed by atoms with Crippen LogP contribution in [-0.2, 0) is 27.5 Å². The van der Waals surface area contributed by atoms with E-state index in [-0.39, 0.29) is 42.9 Å². The van der Waals surface area contributed by atoms with Gasteiger partial charge in [-0.3, -0.25) is 14.6 Å². The zero-order chi connectivity index (χ0) is 22.3. The van der Waals surface area contributed by atoms with Gasteiger partial charge in [-0.15, -0.1) is 0 Å². The van der Waals surface area contributed by atoms with Crippen molar-refractivity contribution in [2.45, 2.75) is 57.5 Å². The normalized spacial score (nSPS) is 20.4. The van der Waals surface area contributed by atoms with Crippen molar-refractivity contribution in [2.24, 2.45) is 0 Å². The molecule has 0 radical (unpaired) electrons. The van der Waals surface area contributed by atoms with Crippen molar-refractivity contribution < 1.29 is 23.5 Å². The number of aromatic nitrogens is 1. The van der Waals surface area contributed by atoms with Gasteiger partial charge in [0.15, 0.2) is 5.76 Å². The summed E-state index contributed by atoms with van der Waals surface area (Å²) in [7, 11) is 1.57. The number of hydrogen-bond acceptors (Lipinski definition) is 6. The number of hydrogen-bond donors (Lipinski definition) is 0. The second kappa shape index (κ2) is 10.7. The molecule has 1 aliphatic carbocycles. The summed E-state index contributed by atoms with van der Waals surface area (Å²) in [4.78, 5) is 34.2. The molecule has 1 saturated heterocycles. The van der Waals surface area contributed by atoms with E-state index in [1.807, 2.05) is 23.1 Å². The van der Waals surface area contributed by atoms with E-state index in [1.165, 1.54) is 6.42 Å². The lowest BCUT2D eigenvalue weighted by Gasteiger charge is -2.34. The van der Waals surface area contributed by atoms with E-state index in [1.54, 1.807) is 30.3 Å². The van der Waals surface area contributed by atoms with Crippen molar-refractivity contribution in [3.05, 3.63) is 53.7 Å². The van der Waals surface area contributed by atoms with Crippen LogP contribution >= 0.6 is 0 Å². The van der Waals surface area contributed by atoms with E-state index in [0.717, 1.165) is 31.4 Å². The summed E-state index contributed by atoms with van der Waals surface area (Å²) < 4.78 is 16.9. The highest BCUT2D eigenvalue weighted by atomic mass is 16.5. The molecule has 172 valence electrons. The fourth-order valence-corrected chi connectivity index (χ4v) is 4.50. The van der Waals surface area contributed by atoms with Gasteiger partial charge in [-0.2, -0.15) is 0 Å². The van der Waals surface area contributed by atoms with Gasteiger partial charge in [0.2, 0.25) is 5.91 Å². The molecule has 0 N–H and O–H groups in total. The maximum absolute atomic E-state index is 13.2. The fraction of sp³-hybridized carbons (Fsp3) is 0.542. The average Bonchev–Trinajstić information content (AvgIpc) is 3.22. The van der Waals surface area contributed by atoms with Gasteiger partial charge in [0.05, 0.1) is 18.4 Å². The van der Waals surface area contributed by atoms with E-state index >= 15 is 0 Å². The number of nitrogens with zero attached hydrogens (tertiary/aromatic N) is 3. The van der Waals surface area contributed by atoms with Gasteiger partial charge in [-0.25, -0.2) is 0 Å². The topological polar surface area (TPSA) is 85.1 Å². The molecule has 1 saturated carbocycles. The molecule has 4 rings (SSSR count). The van der Waals surface area contributed by atoms with Crippen LogP contribution in [0.1, 0.15) is 54.1 Å². The first-order valence-electron chi connectivity index (χ1n) is 11.3. The molecule has 8 heteroatoms. The Morgan fingerprint density at radius 2 is 1.97 bits per heavy atom. The Hall–Kier alpha value is -2.71. The van der Waals surface area contributed by atoms with Gasteiger partial charge in [-0.05, 0) is 37.1 Å². The second-order valence-electron chi connectivity index (χ2n) is 8.48. The molecule has 2 aromatic rings. The van der Waals surface area contributed by atoms with Crippen LogP contribution in [0.3, 0.4) is 0 Å². The monoisotopic (exact) mass is 441 g/mol. The van der Waals surface area contributed by atoms with Gasteiger partial charge in [0.25, 0.3) is 5.91 Å². The molecule has 0 aromatic carbocycles. The smallest absolute Gasteiger partial charge is 0.290 e. The van der Waals surface area contributed by atoms with Crippen LogP contribution in [-0.4, -0.2) is 65.5 Å². The Morgan fingerprint density at radius 1 is 1.12 bits per heavy atom. The number of rotatable bonds is 7. The second-order valence-corrected chi connectivity index (χ2v) is 8.48. The minimum atomic E-state index is -0.308. The van der Waals surface area contributed by atoms with E-state index in [9.17, 15) is 9.59 Å². The third kappa shape index (κ3) is 5.55. The number of methoxy groups -OCH3 is 1. The summed E-state index contributed by atoms with van der Waals surface area (Å²) in [6, 6.07) is 9.25. The predicted molar refractivity (Wildman–Crippen MR) is 117 cm³/mol. The van der Waals surface area contributed by atoms with Gasteiger partial charge in [0, 0.05) is 32.4 Å². The summed E-state index contributed by atoms with van der Waals surface area (Å²) >= 11 is 0. The van der Waals surface area contributed by atoms with Crippen molar-refractivity contribution in [2.75, 3.05) is 26.7 Å². The highest BCUT2D eigenvalue weighted by molar-refractivity contribution is 5.94. The van der Waals surface area contributed by atoms with Crippen molar-refractivity contribution in [3.63, 3.8) is 0 Å². The Labute approximate surface area is 188 Å². The third-order valence-corrected chi connectivity index (χ3v) is 6.13. The van der Waals surface area contributed by atoms with Crippen LogP contribution in [0.2, 0.25) is 0 Å². The molecular formula is C24H31N3O5. The summed E-state index contributed by atoms with van der Waals surface area (Å²) in [5.41, 5.74) is 0.820. The summed E-state index contributed by atoms with van der Waals surface area (Å²) in [6.07, 6.45) is 6.91. The van der Waals surface area contributed by atoms with Crippen molar-refractivity contribution >= 4 is 11.8 Å². The molecule has 2 fully saturated rings. The number of pyridine rings is 1. The van der Waals surface area contributed by atoms with Gasteiger partial charge >= 0.3 is 0 Å². The first-order valence-corrected chi connectivity index (χ1v) is 11.3. The Bertz CT molecular complexity index is 894. The van der Waals surface area contributed by atoms with E-state index in [4.69, 9.17) is 13.9 Å². The third-order valence-electron chi connectivity index (χ3n) is 6.13. The number of amides is 2. The van der Waals surface area contributed by atoms with Crippen LogP contribution in [0, 0.1) is 0 Å². The average molecular weight is 442 g/mol. The molecule has 3 heterocycles. The maximum atomic E-state index is 13.2. The Kier molecular flexibility index (Phi) is 7.55. The molecule has 1 aliphatic heterocycles. The van der Waals surface area contributed by atoms with Crippen LogP contribution < -0.4 is 0 Å². The predicted octanol–water partition coefficient (Wildman–Crippen LogP) is 3.02. The molecule has 32 heavy (non-hydrogen) atoms. The summed E-state index contributed by atoms with van der Waals surface area (Å²) in [6.45, 7) is 1.45. The van der Waals surface area contributed by atoms with Crippen molar-refractivity contribution in [1.82, 2.24) is 14.8 Å². The summed E-state index contributed by atoms with van der Waals surface area (Å²) in [5, 5.41) is 0. The Morgan fingerprint density at radius 3 is 2.72 bits per heavy atom. The molecule has 0 bridgehead atoms. The van der Waals surface area contributed by atoms with Gasteiger partial charge < -0.3 is 23.7 Å². The Balaban J connectivity index is 1.51. The number of carbonyl (C=O) groups is 2. The molecular weight excluding hydrogens is 410 g/mol. The first kappa shape index (κ1) is 22.5. The van der Waals surface area contributed by atoms with Crippen LogP contribution in [0.4, 0.5) is 0 Å². The SMILES string of the molecule is COCc1ccc(C(=O)N2CC(=O)N(C3CCCCC3)CC(OCc3ccccn3)C2)o1. The van der Waals surface area contributed by atoms with Crippen LogP contribution in [0.15, 0.2) is 40.9 Å². The molecule has 8 nitrogen and oxygen atoms in total. The molecule has 2 aromatic heterocycles. The largest absolute Gasteiger partial charge is 0.453 e. The molecule has 2 aliphatic rings. The zero-order valence-corrected chi connectivity index (χ0v) is 18.6. The summed E-state index contributed by atoms with van der Waals surface area (Å²) in [5.74, 6) is 0.443. The highest BCUT2D eigenvalue weighted by Crippen LogP contribution is 2.25. The molecule has 2 amide bonds. The quantitative estimate of drug-likeness (QED) is 0.657. The highest BCUT2D eigenvalue weighted by Gasteiger charge is 2.35. The van der Waals surface area contributed by atoms with E-state index in [2.05, 4.69) is 4.98 Å².